The van der Waals surface area contributed by atoms with Crippen molar-refractivity contribution in [3.8, 4) is 11.3 Å². The summed E-state index contributed by atoms with van der Waals surface area (Å²) in [6, 6.07) is 18.4. The van der Waals surface area contributed by atoms with Crippen LogP contribution in [0.25, 0.3) is 11.3 Å². The summed E-state index contributed by atoms with van der Waals surface area (Å²) >= 11 is 11.9. The molecule has 0 atom stereocenters. The third-order valence-electron chi connectivity index (χ3n) is 3.54. The van der Waals surface area contributed by atoms with Gasteiger partial charge >= 0.3 is 0 Å². The maximum Gasteiger partial charge on any atom is 0.251 e. The highest BCUT2D eigenvalue weighted by Gasteiger charge is 2.07. The van der Waals surface area contributed by atoms with E-state index in [-0.39, 0.29) is 5.91 Å². The van der Waals surface area contributed by atoms with Crippen molar-refractivity contribution >= 4 is 29.1 Å². The molecule has 0 saturated heterocycles. The Bertz CT molecular complexity index is 849. The van der Waals surface area contributed by atoms with Gasteiger partial charge in [0.1, 0.15) is 0 Å². The van der Waals surface area contributed by atoms with Crippen LogP contribution < -0.4 is 5.32 Å². The van der Waals surface area contributed by atoms with Gasteiger partial charge in [0, 0.05) is 23.9 Å². The molecule has 1 heterocycles. The molecule has 0 unspecified atom stereocenters. The molecular weight excluding hydrogens is 343 g/mol. The first-order valence-corrected chi connectivity index (χ1v) is 8.13. The van der Waals surface area contributed by atoms with Gasteiger partial charge in [0.05, 0.1) is 15.7 Å². The lowest BCUT2D eigenvalue weighted by Gasteiger charge is -2.07. The molecule has 0 radical (unpaired) electrons. The van der Waals surface area contributed by atoms with Crippen molar-refractivity contribution in [1.82, 2.24) is 10.3 Å². The van der Waals surface area contributed by atoms with Gasteiger partial charge in [-0.05, 0) is 42.0 Å². The van der Waals surface area contributed by atoms with Crippen LogP contribution >= 0.6 is 23.2 Å². The van der Waals surface area contributed by atoms with Crippen LogP contribution in [-0.2, 0) is 6.54 Å². The van der Waals surface area contributed by atoms with Gasteiger partial charge < -0.3 is 5.32 Å². The molecule has 0 bridgehead atoms. The molecule has 0 fully saturated rings. The second-order valence-corrected chi connectivity index (χ2v) is 6.04. The Morgan fingerprint density at radius 1 is 0.958 bits per heavy atom. The Balaban J connectivity index is 1.66. The number of aromatic nitrogens is 1. The predicted molar refractivity (Wildman–Crippen MR) is 97.3 cm³/mol. The van der Waals surface area contributed by atoms with Crippen molar-refractivity contribution in [1.29, 1.82) is 0 Å². The van der Waals surface area contributed by atoms with E-state index in [0.29, 0.717) is 22.2 Å². The van der Waals surface area contributed by atoms with Crippen molar-refractivity contribution in [3.63, 3.8) is 0 Å². The van der Waals surface area contributed by atoms with Crippen molar-refractivity contribution in [2.45, 2.75) is 6.54 Å². The minimum Gasteiger partial charge on any atom is -0.348 e. The first kappa shape index (κ1) is 16.5. The Hall–Kier alpha value is -2.36. The van der Waals surface area contributed by atoms with Crippen molar-refractivity contribution in [2.75, 3.05) is 0 Å². The first-order valence-electron chi connectivity index (χ1n) is 7.37. The van der Waals surface area contributed by atoms with Gasteiger partial charge in [0.15, 0.2) is 0 Å². The highest BCUT2D eigenvalue weighted by molar-refractivity contribution is 6.42. The summed E-state index contributed by atoms with van der Waals surface area (Å²) in [6.07, 6.45) is 1.74. The fourth-order valence-electron chi connectivity index (χ4n) is 2.26. The quantitative estimate of drug-likeness (QED) is 0.715. The summed E-state index contributed by atoms with van der Waals surface area (Å²) in [7, 11) is 0. The van der Waals surface area contributed by atoms with E-state index in [1.165, 1.54) is 0 Å². The van der Waals surface area contributed by atoms with Crippen LogP contribution in [-0.4, -0.2) is 10.9 Å². The van der Waals surface area contributed by atoms with Gasteiger partial charge in [0.25, 0.3) is 5.91 Å². The molecule has 120 valence electrons. The predicted octanol–water partition coefficient (Wildman–Crippen LogP) is 4.99. The lowest BCUT2D eigenvalue weighted by atomic mass is 10.1. The average molecular weight is 357 g/mol. The molecule has 0 spiro atoms. The smallest absolute Gasteiger partial charge is 0.251 e. The average Bonchev–Trinajstić information content (AvgIpc) is 2.63. The zero-order chi connectivity index (χ0) is 16.9. The minimum absolute atomic E-state index is 0.145. The van der Waals surface area contributed by atoms with Crippen LogP contribution in [0.1, 0.15) is 15.9 Å². The molecule has 1 aromatic heterocycles. The van der Waals surface area contributed by atoms with E-state index in [2.05, 4.69) is 10.3 Å². The van der Waals surface area contributed by atoms with E-state index in [1.807, 2.05) is 36.4 Å². The molecule has 2 aromatic carbocycles. The van der Waals surface area contributed by atoms with E-state index >= 15 is 0 Å². The second kappa shape index (κ2) is 7.47. The van der Waals surface area contributed by atoms with Gasteiger partial charge in [-0.3, -0.25) is 9.78 Å². The van der Waals surface area contributed by atoms with E-state index < -0.39 is 0 Å². The maximum atomic E-state index is 12.2. The second-order valence-electron chi connectivity index (χ2n) is 5.22. The third-order valence-corrected chi connectivity index (χ3v) is 4.28. The summed E-state index contributed by atoms with van der Waals surface area (Å²) < 4.78 is 0. The molecule has 3 rings (SSSR count). The number of rotatable bonds is 4. The number of benzene rings is 2. The summed E-state index contributed by atoms with van der Waals surface area (Å²) in [6.45, 7) is 0.387. The normalized spacial score (nSPS) is 10.4. The van der Waals surface area contributed by atoms with E-state index in [4.69, 9.17) is 23.2 Å². The molecular formula is C19H14Cl2N2O. The molecule has 0 saturated carbocycles. The maximum absolute atomic E-state index is 12.2. The lowest BCUT2D eigenvalue weighted by molar-refractivity contribution is 0.0951. The number of pyridine rings is 1. The summed E-state index contributed by atoms with van der Waals surface area (Å²) in [5, 5.41) is 3.84. The fraction of sp³-hybridized carbons (Fsp3) is 0.0526. The Morgan fingerprint density at radius 2 is 1.75 bits per heavy atom. The van der Waals surface area contributed by atoms with Crippen LogP contribution in [0.4, 0.5) is 0 Å². The zero-order valence-electron chi connectivity index (χ0n) is 12.7. The highest BCUT2D eigenvalue weighted by Crippen LogP contribution is 2.22. The lowest BCUT2D eigenvalue weighted by Crippen LogP contribution is -2.22. The van der Waals surface area contributed by atoms with Gasteiger partial charge in [-0.15, -0.1) is 0 Å². The first-order chi connectivity index (χ1) is 11.6. The highest BCUT2D eigenvalue weighted by atomic mass is 35.5. The fourth-order valence-corrected chi connectivity index (χ4v) is 2.58. The summed E-state index contributed by atoms with van der Waals surface area (Å²) in [5.74, 6) is -0.145. The van der Waals surface area contributed by atoms with E-state index in [9.17, 15) is 4.79 Å². The Labute approximate surface area is 150 Å². The van der Waals surface area contributed by atoms with E-state index in [1.54, 1.807) is 30.5 Å². The molecule has 1 N–H and O–H groups in total. The van der Waals surface area contributed by atoms with Crippen LogP contribution in [0, 0.1) is 0 Å². The number of amides is 1. The Morgan fingerprint density at radius 3 is 2.42 bits per heavy atom. The number of carbonyl (C=O) groups excluding carboxylic acids is 1. The van der Waals surface area contributed by atoms with Gasteiger partial charge in [-0.2, -0.15) is 0 Å². The molecule has 5 heteroatoms. The van der Waals surface area contributed by atoms with Crippen LogP contribution in [0.5, 0.6) is 0 Å². The van der Waals surface area contributed by atoms with Crippen molar-refractivity contribution in [2.24, 2.45) is 0 Å². The summed E-state index contributed by atoms with van der Waals surface area (Å²) in [4.78, 5) is 16.5. The number of hydrogen-bond acceptors (Lipinski definition) is 2. The Kier molecular flexibility index (Phi) is 5.14. The molecule has 3 nitrogen and oxygen atoms in total. The number of carbonyl (C=O) groups is 1. The van der Waals surface area contributed by atoms with Crippen LogP contribution in [0.2, 0.25) is 10.0 Å². The molecule has 0 aliphatic carbocycles. The summed E-state index contributed by atoms with van der Waals surface area (Å²) in [5.41, 5.74) is 3.33. The number of nitrogens with one attached hydrogen (secondary N) is 1. The topological polar surface area (TPSA) is 42.0 Å². The molecule has 24 heavy (non-hydrogen) atoms. The molecule has 1 amide bonds. The standard InChI is InChI=1S/C19H14Cl2N2O/c20-16-9-4-13(11-17(16)21)12-23-19(24)15-7-5-14(6-8-15)18-3-1-2-10-22-18/h1-11H,12H2,(H,23,24). The molecule has 0 aliphatic rings. The SMILES string of the molecule is O=C(NCc1ccc(Cl)c(Cl)c1)c1ccc(-c2ccccn2)cc1. The minimum atomic E-state index is -0.145. The molecule has 0 aliphatic heterocycles. The third kappa shape index (κ3) is 3.94. The molecule has 3 aromatic rings. The monoisotopic (exact) mass is 356 g/mol. The number of nitrogens with zero attached hydrogens (tertiary/aromatic N) is 1. The van der Waals surface area contributed by atoms with Gasteiger partial charge in [-0.1, -0.05) is 47.5 Å². The van der Waals surface area contributed by atoms with Crippen molar-refractivity contribution in [3.05, 3.63) is 88.0 Å². The van der Waals surface area contributed by atoms with Crippen LogP contribution in [0.15, 0.2) is 66.9 Å². The van der Waals surface area contributed by atoms with Crippen molar-refractivity contribution < 1.29 is 4.79 Å². The van der Waals surface area contributed by atoms with Gasteiger partial charge in [0.2, 0.25) is 0 Å². The van der Waals surface area contributed by atoms with Crippen LogP contribution in [0.3, 0.4) is 0 Å². The number of hydrogen-bond donors (Lipinski definition) is 1. The number of halogens is 2. The largest absolute Gasteiger partial charge is 0.348 e. The zero-order valence-corrected chi connectivity index (χ0v) is 14.2. The van der Waals surface area contributed by atoms with Gasteiger partial charge in [-0.25, -0.2) is 0 Å². The van der Waals surface area contributed by atoms with E-state index in [0.717, 1.165) is 16.8 Å².